The summed E-state index contributed by atoms with van der Waals surface area (Å²) in [6.45, 7) is 12.7. The number of nitrogens with two attached hydrogens (primary N) is 2. The summed E-state index contributed by atoms with van der Waals surface area (Å²) in [5.74, 6) is -1.86. The molecule has 0 spiro atoms. The van der Waals surface area contributed by atoms with Crippen LogP contribution < -0.4 is 43.4 Å². The van der Waals surface area contributed by atoms with Crippen LogP contribution in [0.5, 0.6) is 0 Å². The number of ether oxygens (including phenoxy) is 3. The zero-order valence-corrected chi connectivity index (χ0v) is 52.5. The number of amidine groups is 1. The van der Waals surface area contributed by atoms with Gasteiger partial charge in [0.2, 0.25) is 27.7 Å². The van der Waals surface area contributed by atoms with E-state index in [9.17, 15) is 42.0 Å². The van der Waals surface area contributed by atoms with E-state index < -0.39 is 69.8 Å². The second kappa shape index (κ2) is 30.3. The first-order chi connectivity index (χ1) is 43.0. The van der Waals surface area contributed by atoms with Crippen molar-refractivity contribution in [2.24, 2.45) is 28.3 Å². The number of urea groups is 1. The number of carbonyl (C=O) groups is 7. The Hall–Kier alpha value is -9.29. The van der Waals surface area contributed by atoms with Gasteiger partial charge >= 0.3 is 24.3 Å². The molecule has 5 aromatic carbocycles. The normalized spacial score (nSPS) is 14.5. The lowest BCUT2D eigenvalue weighted by atomic mass is 9.98. The van der Waals surface area contributed by atoms with Crippen LogP contribution in [0.2, 0.25) is 0 Å². The minimum Gasteiger partial charge on any atom is -0.449 e. The molecule has 90 heavy (non-hydrogen) atoms. The molecule has 24 heteroatoms. The first-order valence-corrected chi connectivity index (χ1v) is 31.7. The molecule has 0 saturated carbocycles. The first kappa shape index (κ1) is 66.7. The molecule has 478 valence electrons. The molecule has 8 amide bonds. The number of rotatable bonds is 26. The molecule has 1 saturated heterocycles. The van der Waals surface area contributed by atoms with Gasteiger partial charge in [0.25, 0.3) is 0 Å². The van der Waals surface area contributed by atoms with E-state index in [-0.39, 0.29) is 87.1 Å². The Morgan fingerprint density at radius 2 is 1.42 bits per heavy atom. The Balaban J connectivity index is 0.785. The Morgan fingerprint density at radius 1 is 0.744 bits per heavy atom. The monoisotopic (exact) mass is 1250 g/mol. The summed E-state index contributed by atoms with van der Waals surface area (Å²) in [5.41, 5.74) is 19.2. The average Bonchev–Trinajstić information content (AvgIpc) is 1.44. The van der Waals surface area contributed by atoms with Crippen LogP contribution in [0.15, 0.2) is 131 Å². The lowest BCUT2D eigenvalue weighted by Crippen LogP contribution is -2.54. The fourth-order valence-corrected chi connectivity index (χ4v) is 12.4. The molecular formula is C66H81N11O12S. The molecule has 10 N–H and O–H groups in total. The number of nitrogens with one attached hydrogen (secondary N) is 6. The predicted octanol–water partition coefficient (Wildman–Crippen LogP) is 8.26. The average molecular weight is 1250 g/mol. The van der Waals surface area contributed by atoms with Gasteiger partial charge in [0.15, 0.2) is 0 Å². The topological polar surface area (TPSA) is 324 Å². The van der Waals surface area contributed by atoms with Crippen molar-refractivity contribution >= 4 is 75.3 Å². The molecule has 8 rings (SSSR count). The summed E-state index contributed by atoms with van der Waals surface area (Å²) in [6, 6.07) is 31.6. The second-order valence-corrected chi connectivity index (χ2v) is 25.8. The van der Waals surface area contributed by atoms with Crippen molar-refractivity contribution in [2.75, 3.05) is 57.7 Å². The number of sulfonamides is 1. The van der Waals surface area contributed by atoms with E-state index in [1.54, 1.807) is 88.1 Å². The van der Waals surface area contributed by atoms with Crippen molar-refractivity contribution in [1.82, 2.24) is 35.8 Å². The van der Waals surface area contributed by atoms with Gasteiger partial charge in [-0.05, 0) is 128 Å². The summed E-state index contributed by atoms with van der Waals surface area (Å²) in [6.07, 6.45) is 1.55. The number of primary amides is 1. The van der Waals surface area contributed by atoms with Crippen LogP contribution in [0.25, 0.3) is 28.3 Å². The summed E-state index contributed by atoms with van der Waals surface area (Å²) >= 11 is 0. The Labute approximate surface area is 525 Å². The van der Waals surface area contributed by atoms with Gasteiger partial charge in [0, 0.05) is 80.9 Å². The molecule has 2 atom stereocenters. The number of benzene rings is 5. The van der Waals surface area contributed by atoms with Crippen LogP contribution in [-0.4, -0.2) is 136 Å². The third-order valence-corrected chi connectivity index (χ3v) is 17.2. The standard InChI is InChI=1S/C66H81N11O12S/c1-7-30-76(31-14-29-70-64(83)89-66(4,5)6)61(80)47-32-46-25-24-45(34-56(46)73-57(67)35-47)44-15-12-16-49(33-44)90(85,86)77-37-43(38-77)36-71-63(82)87-39-42-22-26-48(27-23-42)72-59(78)55(21-13-28-69-62(68)81)74-60(79)58(41(2)3)75-65(84)88-40-54-52-19-10-8-17-50(52)51-18-9-11-20-53(51)54/h8-12,15-20,22-27,32-34,41,43,54-55,58H,7,13-14,21,28-31,35-40H2,1-6H3,(H2,67,73)(H,70,83)(H,71,82)(H,72,78)(H,74,79)(H,75,84)(H3,68,69,81)/t55-,58-/m0/s1. The summed E-state index contributed by atoms with van der Waals surface area (Å²) in [7, 11) is -3.91. The number of aliphatic imine (C=N–C) groups is 1. The van der Waals surface area contributed by atoms with Crippen LogP contribution in [0, 0.1) is 11.8 Å². The van der Waals surface area contributed by atoms with Crippen molar-refractivity contribution in [1.29, 1.82) is 0 Å². The zero-order valence-electron chi connectivity index (χ0n) is 51.6. The maximum absolute atomic E-state index is 13.9. The molecule has 0 aromatic heterocycles. The first-order valence-electron chi connectivity index (χ1n) is 30.3. The number of hydrogen-bond acceptors (Lipinski definition) is 14. The van der Waals surface area contributed by atoms with Crippen molar-refractivity contribution in [2.45, 2.75) is 109 Å². The van der Waals surface area contributed by atoms with Crippen LogP contribution in [0.1, 0.15) is 102 Å². The Kier molecular flexibility index (Phi) is 22.4. The lowest BCUT2D eigenvalue weighted by Gasteiger charge is -2.38. The third kappa shape index (κ3) is 18.0. The highest BCUT2D eigenvalue weighted by Gasteiger charge is 2.38. The smallest absolute Gasteiger partial charge is 0.407 e. The minimum absolute atomic E-state index is 0.0441. The molecular weight excluding hydrogens is 1170 g/mol. The largest absolute Gasteiger partial charge is 0.449 e. The number of amides is 8. The SMILES string of the molecule is CCCN(CCCNC(=O)OC(C)(C)C)C(=O)C1=Cc2ccc(-c3cccc(S(=O)(=O)N4CC(CNC(=O)OCc5ccc(NC(=O)[C@H](CCCNC(N)=O)NC(=O)[C@@H](NC(=O)OCC6c7ccccc7-c7ccccc76)C(C)C)cc5)C4)c3)cc2N=C(N)C1. The highest BCUT2D eigenvalue weighted by Crippen LogP contribution is 2.44. The van der Waals surface area contributed by atoms with Crippen molar-refractivity contribution < 1.29 is 56.2 Å². The van der Waals surface area contributed by atoms with Gasteiger partial charge in [-0.2, -0.15) is 4.31 Å². The maximum Gasteiger partial charge on any atom is 0.407 e. The fourth-order valence-electron chi connectivity index (χ4n) is 10.8. The van der Waals surface area contributed by atoms with E-state index in [2.05, 4.69) is 36.9 Å². The van der Waals surface area contributed by atoms with E-state index in [1.807, 2.05) is 73.7 Å². The summed E-state index contributed by atoms with van der Waals surface area (Å²) in [4.78, 5) is 97.6. The minimum atomic E-state index is -3.91. The van der Waals surface area contributed by atoms with Crippen molar-refractivity contribution in [3.63, 3.8) is 0 Å². The second-order valence-electron chi connectivity index (χ2n) is 23.8. The van der Waals surface area contributed by atoms with Crippen LogP contribution >= 0.6 is 0 Å². The van der Waals surface area contributed by atoms with Gasteiger partial charge in [-0.15, -0.1) is 0 Å². The van der Waals surface area contributed by atoms with Crippen LogP contribution in [0.3, 0.4) is 0 Å². The van der Waals surface area contributed by atoms with Gasteiger partial charge in [-0.25, -0.2) is 32.6 Å². The third-order valence-electron chi connectivity index (χ3n) is 15.3. The van der Waals surface area contributed by atoms with Crippen LogP contribution in [-0.2, 0) is 45.2 Å². The van der Waals surface area contributed by atoms with Gasteiger partial charge in [-0.3, -0.25) is 14.4 Å². The molecule has 3 aliphatic rings. The highest BCUT2D eigenvalue weighted by molar-refractivity contribution is 7.89. The molecule has 2 heterocycles. The maximum atomic E-state index is 13.9. The molecule has 0 radical (unpaired) electrons. The predicted molar refractivity (Wildman–Crippen MR) is 343 cm³/mol. The van der Waals surface area contributed by atoms with E-state index in [0.717, 1.165) is 28.7 Å². The zero-order chi connectivity index (χ0) is 64.7. The number of alkyl carbamates (subject to hydrolysis) is 3. The molecule has 0 bridgehead atoms. The van der Waals surface area contributed by atoms with Gasteiger partial charge in [0.05, 0.1) is 10.6 Å². The molecule has 23 nitrogen and oxygen atoms in total. The van der Waals surface area contributed by atoms with Gasteiger partial charge in [-0.1, -0.05) is 106 Å². The Morgan fingerprint density at radius 3 is 2.09 bits per heavy atom. The number of fused-ring (bicyclic) bond motifs is 4. The molecule has 5 aromatic rings. The van der Waals surface area contributed by atoms with Crippen molar-refractivity contribution in [3.8, 4) is 22.3 Å². The van der Waals surface area contributed by atoms with Gasteiger partial charge in [0.1, 0.15) is 36.7 Å². The quantitative estimate of drug-likeness (QED) is 0.0191. The molecule has 1 aliphatic carbocycles. The lowest BCUT2D eigenvalue weighted by molar-refractivity contribution is -0.128. The van der Waals surface area contributed by atoms with E-state index >= 15 is 0 Å². The van der Waals surface area contributed by atoms with E-state index in [0.29, 0.717) is 65.3 Å². The van der Waals surface area contributed by atoms with Gasteiger partial charge < -0.3 is 62.5 Å². The molecule has 1 fully saturated rings. The number of carbonyl (C=O) groups excluding carboxylic acids is 7. The fraction of sp³-hybridized carbons (Fsp3) is 0.394. The van der Waals surface area contributed by atoms with Crippen molar-refractivity contribution in [3.05, 3.63) is 143 Å². The number of hydrogen-bond donors (Lipinski definition) is 8. The summed E-state index contributed by atoms with van der Waals surface area (Å²) in [5, 5.41) is 16.2. The molecule has 0 unspecified atom stereocenters. The number of nitrogens with zero attached hydrogens (tertiary/aromatic N) is 3. The molecule has 2 aliphatic heterocycles. The van der Waals surface area contributed by atoms with Crippen LogP contribution in [0.4, 0.5) is 30.6 Å². The van der Waals surface area contributed by atoms with E-state index in [4.69, 9.17) is 25.7 Å². The number of anilines is 1. The Bertz CT molecular complexity index is 3570. The highest BCUT2D eigenvalue weighted by atomic mass is 32.2. The summed E-state index contributed by atoms with van der Waals surface area (Å²) < 4.78 is 45.6. The van der Waals surface area contributed by atoms with E-state index in [1.165, 1.54) is 10.4 Å².